The number of nitrogens with zero attached hydrogens (tertiary/aromatic N) is 3. The monoisotopic (exact) mass is 334 g/mol. The summed E-state index contributed by atoms with van der Waals surface area (Å²) < 4.78 is 6.81. The number of rotatable bonds is 4. The smallest absolute Gasteiger partial charge is 0.360 e. The molecule has 2 fully saturated rings. The Kier molecular flexibility index (Phi) is 4.51. The van der Waals surface area contributed by atoms with Crippen molar-refractivity contribution in [2.75, 3.05) is 25.4 Å². The summed E-state index contributed by atoms with van der Waals surface area (Å²) in [6, 6.07) is 0.166. The van der Waals surface area contributed by atoms with Gasteiger partial charge in [-0.15, -0.1) is 0 Å². The number of hydrogen-bond donors (Lipinski definition) is 1. The highest BCUT2D eigenvalue weighted by Crippen LogP contribution is 2.42. The Morgan fingerprint density at radius 2 is 2.04 bits per heavy atom. The van der Waals surface area contributed by atoms with Gasteiger partial charge in [-0.3, -0.25) is 4.79 Å². The second-order valence-electron chi connectivity index (χ2n) is 7.04. The molecule has 0 aromatic carbocycles. The van der Waals surface area contributed by atoms with Crippen LogP contribution >= 0.6 is 0 Å². The first kappa shape index (κ1) is 16.8. The van der Waals surface area contributed by atoms with E-state index in [9.17, 15) is 9.59 Å². The molecule has 132 valence electrons. The van der Waals surface area contributed by atoms with Crippen molar-refractivity contribution >= 4 is 17.7 Å². The van der Waals surface area contributed by atoms with E-state index in [1.54, 1.807) is 13.3 Å². The summed E-state index contributed by atoms with van der Waals surface area (Å²) in [6.45, 7) is 5.58. The van der Waals surface area contributed by atoms with Crippen molar-refractivity contribution < 1.29 is 14.3 Å². The van der Waals surface area contributed by atoms with Gasteiger partial charge in [0.25, 0.3) is 0 Å². The predicted molar refractivity (Wildman–Crippen MR) is 89.4 cm³/mol. The zero-order valence-corrected chi connectivity index (χ0v) is 14.5. The third kappa shape index (κ3) is 2.87. The molecule has 2 N–H and O–H groups in total. The molecule has 1 aliphatic carbocycles. The summed E-state index contributed by atoms with van der Waals surface area (Å²) in [5.74, 6) is 0.154. The highest BCUT2D eigenvalue weighted by molar-refractivity contribution is 5.92. The maximum Gasteiger partial charge on any atom is 0.360 e. The number of aromatic nitrogens is 2. The van der Waals surface area contributed by atoms with Crippen LogP contribution in [-0.2, 0) is 9.53 Å². The fourth-order valence-electron chi connectivity index (χ4n) is 3.67. The van der Waals surface area contributed by atoms with Crippen LogP contribution in [0, 0.1) is 5.41 Å². The lowest BCUT2D eigenvalue weighted by atomic mass is 9.69. The van der Waals surface area contributed by atoms with Crippen molar-refractivity contribution in [1.29, 1.82) is 0 Å². The van der Waals surface area contributed by atoms with E-state index >= 15 is 0 Å². The van der Waals surface area contributed by atoms with E-state index in [-0.39, 0.29) is 23.1 Å². The number of piperidine rings is 1. The number of anilines is 1. The highest BCUT2D eigenvalue weighted by Gasteiger charge is 2.42. The van der Waals surface area contributed by atoms with E-state index in [4.69, 9.17) is 10.5 Å². The largest absolute Gasteiger partial charge is 0.461 e. The zero-order chi connectivity index (χ0) is 17.3. The van der Waals surface area contributed by atoms with E-state index in [2.05, 4.69) is 11.9 Å². The van der Waals surface area contributed by atoms with Gasteiger partial charge in [0.15, 0.2) is 5.69 Å². The fourth-order valence-corrected chi connectivity index (χ4v) is 3.67. The van der Waals surface area contributed by atoms with Gasteiger partial charge >= 0.3 is 5.97 Å². The van der Waals surface area contributed by atoms with E-state index in [1.807, 2.05) is 9.47 Å². The molecule has 0 spiro atoms. The van der Waals surface area contributed by atoms with Crippen LogP contribution in [0.4, 0.5) is 5.82 Å². The highest BCUT2D eigenvalue weighted by atomic mass is 16.5. The maximum absolute atomic E-state index is 12.6. The molecule has 1 aromatic heterocycles. The van der Waals surface area contributed by atoms with Crippen molar-refractivity contribution in [3.8, 4) is 0 Å². The Bertz CT molecular complexity index is 628. The van der Waals surface area contributed by atoms with Gasteiger partial charge in [0.1, 0.15) is 5.82 Å². The van der Waals surface area contributed by atoms with Crippen LogP contribution in [0.2, 0.25) is 0 Å². The van der Waals surface area contributed by atoms with Crippen molar-refractivity contribution in [2.24, 2.45) is 5.41 Å². The number of imidazole rings is 1. The van der Waals surface area contributed by atoms with E-state index < -0.39 is 5.97 Å². The molecule has 24 heavy (non-hydrogen) atoms. The van der Waals surface area contributed by atoms with Crippen LogP contribution in [0.3, 0.4) is 0 Å². The minimum atomic E-state index is -0.487. The minimum Gasteiger partial charge on any atom is -0.461 e. The molecular weight excluding hydrogens is 308 g/mol. The summed E-state index contributed by atoms with van der Waals surface area (Å²) in [4.78, 5) is 30.5. The van der Waals surface area contributed by atoms with Crippen LogP contribution in [0.1, 0.15) is 62.5 Å². The second-order valence-corrected chi connectivity index (χ2v) is 7.04. The SMILES string of the molecule is CCOC(=O)c1ncn(C2CCN(C(=O)C3(C)CCC3)CC2)c1N. The fraction of sp³-hybridized carbons (Fsp3) is 0.706. The van der Waals surface area contributed by atoms with Crippen LogP contribution < -0.4 is 5.73 Å². The molecule has 2 heterocycles. The van der Waals surface area contributed by atoms with Gasteiger partial charge in [-0.05, 0) is 32.6 Å². The van der Waals surface area contributed by atoms with Crippen LogP contribution in [0.25, 0.3) is 0 Å². The van der Waals surface area contributed by atoms with Gasteiger partial charge in [0.05, 0.1) is 12.9 Å². The number of carbonyl (C=O) groups excluding carboxylic acids is 2. The van der Waals surface area contributed by atoms with Crippen LogP contribution in [0.5, 0.6) is 0 Å². The van der Waals surface area contributed by atoms with Gasteiger partial charge in [0, 0.05) is 24.5 Å². The van der Waals surface area contributed by atoms with Gasteiger partial charge in [-0.1, -0.05) is 13.3 Å². The van der Waals surface area contributed by atoms with Crippen LogP contribution in [0.15, 0.2) is 6.33 Å². The maximum atomic E-state index is 12.6. The number of nitrogens with two attached hydrogens (primary N) is 1. The molecule has 0 unspecified atom stereocenters. The van der Waals surface area contributed by atoms with Crippen molar-refractivity contribution in [3.05, 3.63) is 12.0 Å². The number of likely N-dealkylation sites (tertiary alicyclic amines) is 1. The Balaban J connectivity index is 1.63. The third-order valence-corrected chi connectivity index (χ3v) is 5.42. The molecule has 0 radical (unpaired) electrons. The zero-order valence-electron chi connectivity index (χ0n) is 14.5. The first-order valence-electron chi connectivity index (χ1n) is 8.75. The minimum absolute atomic E-state index is 0.141. The number of amides is 1. The van der Waals surface area contributed by atoms with E-state index in [0.29, 0.717) is 12.4 Å². The molecule has 3 rings (SSSR count). The van der Waals surface area contributed by atoms with Gasteiger partial charge < -0.3 is 19.9 Å². The number of hydrogen-bond acceptors (Lipinski definition) is 5. The lowest BCUT2D eigenvalue weighted by molar-refractivity contribution is -0.147. The first-order chi connectivity index (χ1) is 11.5. The topological polar surface area (TPSA) is 90.5 Å². The van der Waals surface area contributed by atoms with Gasteiger partial charge in [-0.25, -0.2) is 9.78 Å². The standard InChI is InChI=1S/C17H26N4O3/c1-3-24-15(22)13-14(18)21(11-19-13)12-5-9-20(10-6-12)16(23)17(2)7-4-8-17/h11-12H,3-10,18H2,1-2H3. The average molecular weight is 334 g/mol. The summed E-state index contributed by atoms with van der Waals surface area (Å²) >= 11 is 0. The molecule has 7 nitrogen and oxygen atoms in total. The quantitative estimate of drug-likeness (QED) is 0.851. The lowest BCUT2D eigenvalue weighted by Crippen LogP contribution is -2.49. The predicted octanol–water partition coefficient (Wildman–Crippen LogP) is 2.00. The Hall–Kier alpha value is -2.05. The van der Waals surface area contributed by atoms with E-state index in [1.165, 1.54) is 0 Å². The molecule has 1 aliphatic heterocycles. The number of nitrogen functional groups attached to an aromatic ring is 1. The Morgan fingerprint density at radius 3 is 2.58 bits per heavy atom. The molecule has 7 heteroatoms. The molecule has 1 saturated heterocycles. The second kappa shape index (κ2) is 6.45. The molecule has 1 aromatic rings. The van der Waals surface area contributed by atoms with Crippen LogP contribution in [-0.4, -0.2) is 46.0 Å². The summed E-state index contributed by atoms with van der Waals surface area (Å²) in [5, 5.41) is 0. The van der Waals surface area contributed by atoms with Crippen molar-refractivity contribution in [1.82, 2.24) is 14.5 Å². The number of carbonyl (C=O) groups is 2. The molecule has 2 aliphatic rings. The molecular formula is C17H26N4O3. The molecule has 0 bridgehead atoms. The Morgan fingerprint density at radius 1 is 1.38 bits per heavy atom. The number of ether oxygens (including phenoxy) is 1. The average Bonchev–Trinajstić information content (AvgIpc) is 2.94. The third-order valence-electron chi connectivity index (χ3n) is 5.42. The molecule has 1 saturated carbocycles. The molecule has 0 atom stereocenters. The molecule has 1 amide bonds. The number of esters is 1. The normalized spacial score (nSPS) is 20.5. The summed E-state index contributed by atoms with van der Waals surface area (Å²) in [6.07, 6.45) is 6.42. The van der Waals surface area contributed by atoms with Gasteiger partial charge in [-0.2, -0.15) is 0 Å². The lowest BCUT2D eigenvalue weighted by Gasteiger charge is -2.43. The van der Waals surface area contributed by atoms with Crippen molar-refractivity contribution in [3.63, 3.8) is 0 Å². The summed E-state index contributed by atoms with van der Waals surface area (Å²) in [7, 11) is 0. The first-order valence-corrected chi connectivity index (χ1v) is 8.75. The van der Waals surface area contributed by atoms with E-state index in [0.717, 1.165) is 45.2 Å². The van der Waals surface area contributed by atoms with Crippen molar-refractivity contribution in [2.45, 2.75) is 52.0 Å². The summed E-state index contributed by atoms with van der Waals surface area (Å²) in [5.41, 5.74) is 6.12. The van der Waals surface area contributed by atoms with Gasteiger partial charge in [0.2, 0.25) is 5.91 Å². The Labute approximate surface area is 142 Å².